The average molecular weight is 663 g/mol. The fourth-order valence-corrected chi connectivity index (χ4v) is 6.88. The van der Waals surface area contributed by atoms with Gasteiger partial charge in [0.2, 0.25) is 16.0 Å². The number of amides is 1. The first-order valence-corrected chi connectivity index (χ1v) is 17.2. The molecule has 2 aromatic carbocycles. The first kappa shape index (κ1) is 31.5. The Balaban J connectivity index is 1.32. The summed E-state index contributed by atoms with van der Waals surface area (Å²) in [6, 6.07) is 14.7. The lowest BCUT2D eigenvalue weighted by Gasteiger charge is -2.33. The first-order valence-electron chi connectivity index (χ1n) is 14.9. The molecule has 1 aliphatic rings. The number of aryl methyl sites for hydroxylation is 2. The minimum atomic E-state index is -3.84. The number of halogens is 1. The van der Waals surface area contributed by atoms with Gasteiger partial charge in [-0.15, -0.1) is 0 Å². The van der Waals surface area contributed by atoms with Crippen molar-refractivity contribution in [2.24, 2.45) is 14.1 Å². The van der Waals surface area contributed by atoms with Crippen molar-refractivity contribution in [1.82, 2.24) is 29.0 Å². The zero-order chi connectivity index (χ0) is 32.9. The maximum Gasteiger partial charge on any atom is 0.285 e. The Labute approximate surface area is 271 Å². The Morgan fingerprint density at radius 2 is 1.76 bits per heavy atom. The molecule has 0 unspecified atom stereocenters. The van der Waals surface area contributed by atoms with E-state index in [9.17, 15) is 18.0 Å². The van der Waals surface area contributed by atoms with Gasteiger partial charge in [0, 0.05) is 44.1 Å². The van der Waals surface area contributed by atoms with E-state index in [-0.39, 0.29) is 22.1 Å². The predicted molar refractivity (Wildman–Crippen MR) is 180 cm³/mol. The van der Waals surface area contributed by atoms with E-state index in [2.05, 4.69) is 27.3 Å². The lowest BCUT2D eigenvalue weighted by atomic mass is 9.92. The van der Waals surface area contributed by atoms with E-state index < -0.39 is 22.0 Å². The number of anilines is 2. The number of nitrogens with zero attached hydrogens (tertiary/aromatic N) is 6. The normalized spacial score (nSPS) is 15.0. The van der Waals surface area contributed by atoms with Crippen molar-refractivity contribution in [3.63, 3.8) is 0 Å². The van der Waals surface area contributed by atoms with Crippen LogP contribution in [-0.2, 0) is 24.1 Å². The number of carbonyl (C=O) groups is 1. The molecule has 6 rings (SSSR count). The van der Waals surface area contributed by atoms with Crippen molar-refractivity contribution >= 4 is 61.0 Å². The lowest BCUT2D eigenvalue weighted by molar-refractivity contribution is 0.0977. The third-order valence-electron chi connectivity index (χ3n) is 8.47. The van der Waals surface area contributed by atoms with Crippen LogP contribution in [0, 0.1) is 6.92 Å². The molecular weight excluding hydrogens is 628 g/mol. The van der Waals surface area contributed by atoms with Crippen molar-refractivity contribution in [3.8, 4) is 0 Å². The second kappa shape index (κ2) is 12.0. The molecule has 2 N–H and O–H groups in total. The Morgan fingerprint density at radius 3 is 2.48 bits per heavy atom. The average Bonchev–Trinajstić information content (AvgIpc) is 3.35. The van der Waals surface area contributed by atoms with Crippen LogP contribution in [-0.4, -0.2) is 58.0 Å². The Morgan fingerprint density at radius 1 is 1.04 bits per heavy atom. The summed E-state index contributed by atoms with van der Waals surface area (Å²) in [4.78, 5) is 37.8. The number of fused-ring (bicyclic) bond motifs is 2. The molecule has 0 aliphatic carbocycles. The summed E-state index contributed by atoms with van der Waals surface area (Å²) in [5, 5.41) is 9.81. The van der Waals surface area contributed by atoms with E-state index >= 15 is 0 Å². The number of benzene rings is 2. The largest absolute Gasteiger partial charge is 0.377 e. The molecule has 0 saturated carbocycles. The minimum absolute atomic E-state index is 0.0349. The van der Waals surface area contributed by atoms with Crippen LogP contribution in [0.1, 0.15) is 59.0 Å². The van der Waals surface area contributed by atoms with Crippen LogP contribution >= 0.6 is 11.6 Å². The van der Waals surface area contributed by atoms with Gasteiger partial charge in [0.15, 0.2) is 5.69 Å². The number of aromatic nitrogens is 5. The van der Waals surface area contributed by atoms with Gasteiger partial charge >= 0.3 is 0 Å². The summed E-state index contributed by atoms with van der Waals surface area (Å²) in [5.41, 5.74) is 4.33. The quantitative estimate of drug-likeness (QED) is 0.242. The van der Waals surface area contributed by atoms with E-state index in [1.165, 1.54) is 11.5 Å². The number of pyridine rings is 1. The highest BCUT2D eigenvalue weighted by atomic mass is 35.5. The highest BCUT2D eigenvalue weighted by molar-refractivity contribution is 7.89. The predicted octanol–water partition coefficient (Wildman–Crippen LogP) is 4.42. The molecular formula is C32H35ClN8O4S. The molecule has 1 aliphatic heterocycles. The molecule has 4 heterocycles. The van der Waals surface area contributed by atoms with Gasteiger partial charge in [0.25, 0.3) is 11.5 Å². The number of nitrogens with one attached hydrogen (secondary N) is 2. The number of carbonyl (C=O) groups excluding carboxylic acids is 1. The number of rotatable bonds is 7. The molecule has 0 spiro atoms. The Kier molecular flexibility index (Phi) is 8.23. The van der Waals surface area contributed by atoms with Crippen molar-refractivity contribution in [2.75, 3.05) is 29.6 Å². The van der Waals surface area contributed by atoms with Crippen LogP contribution in [0.4, 0.5) is 11.6 Å². The van der Waals surface area contributed by atoms with Gasteiger partial charge in [0.05, 0.1) is 40.1 Å². The maximum absolute atomic E-state index is 13.8. The van der Waals surface area contributed by atoms with Gasteiger partial charge in [-0.1, -0.05) is 35.9 Å². The highest BCUT2D eigenvalue weighted by Crippen LogP contribution is 2.34. The van der Waals surface area contributed by atoms with Crippen LogP contribution in [0.25, 0.3) is 21.8 Å². The molecule has 0 bridgehead atoms. The van der Waals surface area contributed by atoms with E-state index in [1.54, 1.807) is 17.7 Å². The smallest absolute Gasteiger partial charge is 0.285 e. The number of sulfonamides is 1. The Bertz CT molecular complexity index is 2170. The number of hydrogen-bond acceptors (Lipinski definition) is 9. The highest BCUT2D eigenvalue weighted by Gasteiger charge is 2.28. The zero-order valence-corrected chi connectivity index (χ0v) is 27.8. The molecule has 12 nitrogen and oxygen atoms in total. The molecule has 1 amide bonds. The summed E-state index contributed by atoms with van der Waals surface area (Å²) >= 11 is 6.05. The number of piperidine rings is 1. The SMILES string of the molecule is Cc1cc([C@@H](C)Nc2ccc(Cl)nc2C(=O)NS(C)(=O)=O)c2nc(N3CCC(c4nn(C)c5ccccc45)CC3)n(C)c(=O)c2c1. The molecule has 1 fully saturated rings. The zero-order valence-electron chi connectivity index (χ0n) is 26.2. The molecule has 240 valence electrons. The molecule has 14 heteroatoms. The molecule has 1 saturated heterocycles. The fourth-order valence-electron chi connectivity index (χ4n) is 6.30. The summed E-state index contributed by atoms with van der Waals surface area (Å²) < 4.78 is 29.0. The molecule has 0 radical (unpaired) electrons. The monoisotopic (exact) mass is 662 g/mol. The van der Waals surface area contributed by atoms with E-state index in [0.29, 0.717) is 35.9 Å². The lowest BCUT2D eigenvalue weighted by Crippen LogP contribution is -2.38. The molecule has 1 atom stereocenters. The van der Waals surface area contributed by atoms with Crippen LogP contribution < -0.4 is 20.5 Å². The standard InChI is InChI=1S/C32H35ClN8O4S/c1-18-16-22(19(2)34-24-10-11-26(33)35-29(24)30(42)38-46(5,44)45)28-23(17-18)31(43)39(3)32(36-28)41-14-12-20(13-15-41)27-21-8-6-7-9-25(21)40(4)37-27/h6-11,16-17,19-20,34H,12-15H2,1-5H3,(H,38,42)/t19-/m1/s1. The second-order valence-electron chi connectivity index (χ2n) is 11.9. The Hall–Kier alpha value is -4.49. The van der Waals surface area contributed by atoms with Crippen molar-refractivity contribution in [1.29, 1.82) is 0 Å². The van der Waals surface area contributed by atoms with Crippen LogP contribution in [0.5, 0.6) is 0 Å². The van der Waals surface area contributed by atoms with Gasteiger partial charge in [-0.3, -0.25) is 18.8 Å². The van der Waals surface area contributed by atoms with Crippen LogP contribution in [0.15, 0.2) is 53.3 Å². The third kappa shape index (κ3) is 6.04. The van der Waals surface area contributed by atoms with E-state index in [1.807, 2.05) is 54.6 Å². The van der Waals surface area contributed by atoms with E-state index in [4.69, 9.17) is 21.7 Å². The topological polar surface area (TPSA) is 144 Å². The number of hydrogen-bond donors (Lipinski definition) is 2. The van der Waals surface area contributed by atoms with Gasteiger partial charge < -0.3 is 10.2 Å². The summed E-state index contributed by atoms with van der Waals surface area (Å²) in [5.74, 6) is -0.0324. The molecule has 46 heavy (non-hydrogen) atoms. The van der Waals surface area contributed by atoms with Crippen molar-refractivity contribution in [2.45, 2.75) is 38.6 Å². The summed E-state index contributed by atoms with van der Waals surface area (Å²) in [6.45, 7) is 5.21. The van der Waals surface area contributed by atoms with Gasteiger partial charge in [-0.05, 0) is 56.5 Å². The summed E-state index contributed by atoms with van der Waals surface area (Å²) in [7, 11) is -0.115. The van der Waals surface area contributed by atoms with Gasteiger partial charge in [0.1, 0.15) is 5.15 Å². The maximum atomic E-state index is 13.8. The van der Waals surface area contributed by atoms with E-state index in [0.717, 1.165) is 41.4 Å². The van der Waals surface area contributed by atoms with Crippen molar-refractivity contribution < 1.29 is 13.2 Å². The van der Waals surface area contributed by atoms with Crippen LogP contribution in [0.2, 0.25) is 5.15 Å². The molecule has 5 aromatic rings. The van der Waals surface area contributed by atoms with Gasteiger partial charge in [-0.2, -0.15) is 5.10 Å². The van der Waals surface area contributed by atoms with Gasteiger partial charge in [-0.25, -0.2) is 23.1 Å². The minimum Gasteiger partial charge on any atom is -0.377 e. The van der Waals surface area contributed by atoms with Crippen molar-refractivity contribution in [3.05, 3.63) is 86.6 Å². The van der Waals surface area contributed by atoms with Crippen LogP contribution in [0.3, 0.4) is 0 Å². The first-order chi connectivity index (χ1) is 21.8. The summed E-state index contributed by atoms with van der Waals surface area (Å²) in [6.07, 6.45) is 2.63. The second-order valence-corrected chi connectivity index (χ2v) is 14.0. The third-order valence-corrected chi connectivity index (χ3v) is 9.24. The molecule has 3 aromatic heterocycles. The number of para-hydroxylation sites is 1. The fraction of sp³-hybridized carbons (Fsp3) is 0.344.